The summed E-state index contributed by atoms with van der Waals surface area (Å²) in [6.07, 6.45) is 0.399. The molecule has 0 fully saturated rings. The van der Waals surface area contributed by atoms with Crippen molar-refractivity contribution >= 4 is 0 Å². The molecule has 0 unspecified atom stereocenters. The Hall–Kier alpha value is -0.810. The van der Waals surface area contributed by atoms with Crippen LogP contribution in [0.2, 0.25) is 0 Å². The maximum atomic E-state index is 8.16. The summed E-state index contributed by atoms with van der Waals surface area (Å²) in [5.41, 5.74) is 0.433. The van der Waals surface area contributed by atoms with Gasteiger partial charge in [-0.15, -0.1) is 0 Å². The maximum absolute atomic E-state index is 8.16. The summed E-state index contributed by atoms with van der Waals surface area (Å²) in [5, 5.41) is 16.2. The second kappa shape index (κ2) is 3.38. The van der Waals surface area contributed by atoms with Crippen molar-refractivity contribution in [2.75, 3.05) is 6.61 Å². The van der Waals surface area contributed by atoms with Crippen molar-refractivity contribution in [1.29, 1.82) is 5.26 Å². The van der Waals surface area contributed by atoms with Crippen molar-refractivity contribution in [1.82, 2.24) is 0 Å². The van der Waals surface area contributed by atoms with Crippen LogP contribution in [0.1, 0.15) is 6.42 Å². The Balaban J connectivity index is 3.24. The predicted molar refractivity (Wildman–Crippen MR) is 26.5 cm³/mol. The van der Waals surface area contributed by atoms with Crippen molar-refractivity contribution in [3.8, 4) is 6.07 Å². The number of hydrogen-bond acceptors (Lipinski definition) is 2. The number of aliphatic hydroxyl groups is 1. The fourth-order valence-corrected chi connectivity index (χ4v) is 0.191. The number of rotatable bonds is 2. The summed E-state index contributed by atoms with van der Waals surface area (Å²) < 4.78 is 0. The molecule has 0 amide bonds. The first-order valence-corrected chi connectivity index (χ1v) is 2.00. The molecular weight excluding hydrogens is 90.1 g/mol. The van der Waals surface area contributed by atoms with Crippen molar-refractivity contribution in [2.45, 2.75) is 6.42 Å². The highest BCUT2D eigenvalue weighted by Gasteiger charge is 1.84. The second-order valence-corrected chi connectivity index (χ2v) is 1.19. The molecule has 0 heterocycles. The highest BCUT2D eigenvalue weighted by atomic mass is 16.2. The van der Waals surface area contributed by atoms with Crippen LogP contribution >= 0.6 is 0 Å². The second-order valence-electron chi connectivity index (χ2n) is 1.19. The third-order valence-corrected chi connectivity index (χ3v) is 0.572. The fraction of sp³-hybridized carbons (Fsp3) is 0.400. The molecule has 0 spiro atoms. The molecule has 0 saturated carbocycles. The minimum Gasteiger partial charge on any atom is -0.396 e. The topological polar surface area (TPSA) is 44.0 Å². The van der Waals surface area contributed by atoms with E-state index in [0.717, 1.165) is 0 Å². The van der Waals surface area contributed by atoms with Gasteiger partial charge in [-0.3, -0.25) is 0 Å². The van der Waals surface area contributed by atoms with Crippen LogP contribution in [0.15, 0.2) is 12.2 Å². The van der Waals surface area contributed by atoms with Gasteiger partial charge < -0.3 is 5.11 Å². The number of aliphatic hydroxyl groups excluding tert-OH is 1. The molecular formula is C5H7NO. The Morgan fingerprint density at radius 3 is 2.57 bits per heavy atom. The molecule has 2 nitrogen and oxygen atoms in total. The smallest absolute Gasteiger partial charge is 0.0941 e. The van der Waals surface area contributed by atoms with E-state index in [-0.39, 0.29) is 6.61 Å². The first-order chi connectivity index (χ1) is 3.31. The third-order valence-electron chi connectivity index (χ3n) is 0.572. The lowest BCUT2D eigenvalue weighted by atomic mass is 10.2. The van der Waals surface area contributed by atoms with Crippen LogP contribution in [0.4, 0.5) is 0 Å². The Kier molecular flexibility index (Phi) is 2.99. The van der Waals surface area contributed by atoms with Gasteiger partial charge in [0.2, 0.25) is 0 Å². The van der Waals surface area contributed by atoms with Gasteiger partial charge >= 0.3 is 0 Å². The van der Waals surface area contributed by atoms with Crippen LogP contribution in [0.3, 0.4) is 0 Å². The lowest BCUT2D eigenvalue weighted by Gasteiger charge is -1.84. The molecule has 0 atom stereocenters. The van der Waals surface area contributed by atoms with Gasteiger partial charge in [-0.25, -0.2) is 0 Å². The van der Waals surface area contributed by atoms with Gasteiger partial charge in [0.25, 0.3) is 0 Å². The molecule has 0 bridgehead atoms. The molecule has 0 aliphatic heterocycles. The van der Waals surface area contributed by atoms with Crippen LogP contribution in [0, 0.1) is 11.3 Å². The zero-order valence-corrected chi connectivity index (χ0v) is 4.02. The molecule has 0 radical (unpaired) electrons. The zero-order valence-electron chi connectivity index (χ0n) is 4.02. The zero-order chi connectivity index (χ0) is 5.70. The van der Waals surface area contributed by atoms with Gasteiger partial charge in [0.05, 0.1) is 6.07 Å². The van der Waals surface area contributed by atoms with Gasteiger partial charge in [0.15, 0.2) is 0 Å². The minimum absolute atomic E-state index is 0.0202. The fourth-order valence-electron chi connectivity index (χ4n) is 0.191. The standard InChI is InChI=1S/C5H7NO/c1-5(4-6)2-3-7/h7H,1-3H2. The highest BCUT2D eigenvalue weighted by molar-refractivity contribution is 5.14. The lowest BCUT2D eigenvalue weighted by molar-refractivity contribution is 0.301. The third kappa shape index (κ3) is 3.01. The average Bonchev–Trinajstić information content (AvgIpc) is 1.68. The normalized spacial score (nSPS) is 7.43. The van der Waals surface area contributed by atoms with E-state index in [4.69, 9.17) is 10.4 Å². The van der Waals surface area contributed by atoms with E-state index in [1.807, 2.05) is 6.07 Å². The van der Waals surface area contributed by atoms with Gasteiger partial charge in [-0.2, -0.15) is 5.26 Å². The van der Waals surface area contributed by atoms with Crippen LogP contribution < -0.4 is 0 Å². The molecule has 0 aromatic heterocycles. The molecule has 2 heteroatoms. The summed E-state index contributed by atoms with van der Waals surface area (Å²) >= 11 is 0. The quantitative estimate of drug-likeness (QED) is 0.508. The largest absolute Gasteiger partial charge is 0.396 e. The van der Waals surface area contributed by atoms with E-state index in [1.54, 1.807) is 0 Å². The SMILES string of the molecule is C=C(C#N)CCO. The summed E-state index contributed by atoms with van der Waals surface area (Å²) in [4.78, 5) is 0. The summed E-state index contributed by atoms with van der Waals surface area (Å²) in [6.45, 7) is 3.36. The number of nitrogens with zero attached hydrogens (tertiary/aromatic N) is 1. The molecule has 38 valence electrons. The van der Waals surface area contributed by atoms with Gasteiger partial charge in [-0.05, 0) is 0 Å². The predicted octanol–water partition coefficient (Wildman–Crippen LogP) is 0.449. The lowest BCUT2D eigenvalue weighted by Crippen LogP contribution is -1.81. The van der Waals surface area contributed by atoms with Gasteiger partial charge in [0.1, 0.15) is 0 Å². The monoisotopic (exact) mass is 97.1 g/mol. The van der Waals surface area contributed by atoms with E-state index >= 15 is 0 Å². The molecule has 0 aromatic carbocycles. The Morgan fingerprint density at radius 2 is 2.43 bits per heavy atom. The van der Waals surface area contributed by atoms with Crippen LogP contribution in [0.5, 0.6) is 0 Å². The first kappa shape index (κ1) is 6.19. The minimum atomic E-state index is 0.0202. The van der Waals surface area contributed by atoms with Crippen molar-refractivity contribution < 1.29 is 5.11 Å². The van der Waals surface area contributed by atoms with Crippen LogP contribution in [-0.4, -0.2) is 11.7 Å². The number of hydrogen-bond donors (Lipinski definition) is 1. The molecule has 7 heavy (non-hydrogen) atoms. The Morgan fingerprint density at radius 1 is 1.86 bits per heavy atom. The molecule has 0 aliphatic rings. The summed E-state index contributed by atoms with van der Waals surface area (Å²) in [7, 11) is 0. The summed E-state index contributed by atoms with van der Waals surface area (Å²) in [6, 6.07) is 1.81. The maximum Gasteiger partial charge on any atom is 0.0941 e. The first-order valence-electron chi connectivity index (χ1n) is 2.00. The van der Waals surface area contributed by atoms with Crippen LogP contribution in [-0.2, 0) is 0 Å². The summed E-state index contributed by atoms with van der Waals surface area (Å²) in [5.74, 6) is 0. The Bertz CT molecular complexity index is 101. The van der Waals surface area contributed by atoms with Crippen molar-refractivity contribution in [3.05, 3.63) is 12.2 Å². The van der Waals surface area contributed by atoms with Gasteiger partial charge in [0, 0.05) is 18.6 Å². The van der Waals surface area contributed by atoms with E-state index in [0.29, 0.717) is 12.0 Å². The van der Waals surface area contributed by atoms with Crippen LogP contribution in [0.25, 0.3) is 0 Å². The Labute approximate surface area is 42.7 Å². The molecule has 0 aromatic rings. The molecule has 1 N–H and O–H groups in total. The molecule has 0 aliphatic carbocycles. The average molecular weight is 97.1 g/mol. The van der Waals surface area contributed by atoms with Gasteiger partial charge in [-0.1, -0.05) is 6.58 Å². The molecule has 0 rings (SSSR count). The number of nitriles is 1. The highest BCUT2D eigenvalue weighted by Crippen LogP contribution is 1.90. The van der Waals surface area contributed by atoms with E-state index in [2.05, 4.69) is 6.58 Å². The van der Waals surface area contributed by atoms with E-state index in [9.17, 15) is 0 Å². The van der Waals surface area contributed by atoms with Crippen molar-refractivity contribution in [2.24, 2.45) is 0 Å². The van der Waals surface area contributed by atoms with E-state index in [1.165, 1.54) is 0 Å². The van der Waals surface area contributed by atoms with Crippen molar-refractivity contribution in [3.63, 3.8) is 0 Å². The molecule has 0 saturated heterocycles. The van der Waals surface area contributed by atoms with E-state index < -0.39 is 0 Å².